The lowest BCUT2D eigenvalue weighted by Crippen LogP contribution is -2.27. The Hall–Kier alpha value is -1.54. The zero-order valence-corrected chi connectivity index (χ0v) is 9.32. The van der Waals surface area contributed by atoms with E-state index in [4.69, 9.17) is 5.53 Å². The molecule has 0 heterocycles. The lowest BCUT2D eigenvalue weighted by molar-refractivity contribution is -0.132. The Morgan fingerprint density at radius 2 is 2.06 bits per heavy atom. The number of hydrogen-bond donors (Lipinski definition) is 0. The third kappa shape index (κ3) is 2.74. The lowest BCUT2D eigenvalue weighted by Gasteiger charge is -2.07. The quantitative estimate of drug-likeness (QED) is 0.157. The van der Waals surface area contributed by atoms with Gasteiger partial charge in [0.25, 0.3) is 0 Å². The van der Waals surface area contributed by atoms with Gasteiger partial charge in [0.15, 0.2) is 0 Å². The van der Waals surface area contributed by atoms with E-state index in [2.05, 4.69) is 11.4 Å². The number of allylic oxidation sites excluding steroid dienone is 1. The van der Waals surface area contributed by atoms with E-state index in [1.165, 1.54) is 0 Å². The second-order valence-electron chi connectivity index (χ2n) is 4.15. The van der Waals surface area contributed by atoms with Crippen molar-refractivity contribution in [2.75, 3.05) is 0 Å². The summed E-state index contributed by atoms with van der Waals surface area (Å²) in [4.78, 5) is 26.0. The first-order chi connectivity index (χ1) is 7.67. The Bertz CT molecular complexity index is 350. The molecule has 0 amide bonds. The third-order valence-electron chi connectivity index (χ3n) is 2.99. The molecule has 0 aromatic rings. The van der Waals surface area contributed by atoms with Gasteiger partial charge in [-0.25, -0.2) is 0 Å². The first-order valence-corrected chi connectivity index (χ1v) is 5.53. The molecule has 1 saturated carbocycles. The van der Waals surface area contributed by atoms with Crippen molar-refractivity contribution in [3.63, 3.8) is 0 Å². The Morgan fingerprint density at radius 1 is 1.38 bits per heavy atom. The van der Waals surface area contributed by atoms with Gasteiger partial charge < -0.3 is 5.53 Å². The van der Waals surface area contributed by atoms with Crippen molar-refractivity contribution in [2.24, 2.45) is 5.41 Å². The van der Waals surface area contributed by atoms with Crippen LogP contribution in [0.4, 0.5) is 0 Å². The van der Waals surface area contributed by atoms with E-state index in [0.717, 1.165) is 25.5 Å². The molecule has 0 unspecified atom stereocenters. The summed E-state index contributed by atoms with van der Waals surface area (Å²) < 4.78 is 0. The standard InChI is InChI=1S/C12H16N2O2/c1-2-3-4-5-6-10(15)12(7-8-12)11(16)9-14-13/h2,9H,1,3-8H2. The molecule has 1 aliphatic carbocycles. The molecule has 0 aromatic carbocycles. The number of carbonyl (C=O) groups is 2. The number of Topliss-reactive ketones (excluding diaryl/α,β-unsaturated/α-hetero) is 2. The summed E-state index contributed by atoms with van der Waals surface area (Å²) in [7, 11) is 0. The lowest BCUT2D eigenvalue weighted by atomic mass is 9.92. The minimum absolute atomic E-state index is 0.0125. The largest absolute Gasteiger partial charge is 0.361 e. The molecule has 1 fully saturated rings. The zero-order chi connectivity index (χ0) is 12.0. The molecule has 0 atom stereocenters. The van der Waals surface area contributed by atoms with Crippen LogP contribution in [0.5, 0.6) is 0 Å². The van der Waals surface area contributed by atoms with Gasteiger partial charge in [-0.1, -0.05) is 6.08 Å². The van der Waals surface area contributed by atoms with Gasteiger partial charge in [-0.2, -0.15) is 4.79 Å². The van der Waals surface area contributed by atoms with Crippen LogP contribution in [0.3, 0.4) is 0 Å². The molecular weight excluding hydrogens is 204 g/mol. The molecule has 0 aromatic heterocycles. The summed E-state index contributed by atoms with van der Waals surface area (Å²) in [6.07, 6.45) is 6.89. The molecule has 0 radical (unpaired) electrons. The average Bonchev–Trinajstić information content (AvgIpc) is 3.05. The fourth-order valence-electron chi connectivity index (χ4n) is 1.78. The maximum absolute atomic E-state index is 11.8. The van der Waals surface area contributed by atoms with E-state index in [1.807, 2.05) is 6.08 Å². The van der Waals surface area contributed by atoms with Crippen molar-refractivity contribution < 1.29 is 14.4 Å². The van der Waals surface area contributed by atoms with Crippen molar-refractivity contribution in [3.8, 4) is 0 Å². The zero-order valence-electron chi connectivity index (χ0n) is 9.32. The van der Waals surface area contributed by atoms with Crippen LogP contribution < -0.4 is 0 Å². The minimum Gasteiger partial charge on any atom is -0.361 e. The van der Waals surface area contributed by atoms with E-state index in [1.54, 1.807) is 0 Å². The predicted molar refractivity (Wildman–Crippen MR) is 60.0 cm³/mol. The number of carbonyl (C=O) groups excluding carboxylic acids is 2. The normalized spacial score (nSPS) is 16.0. The van der Waals surface area contributed by atoms with E-state index in [-0.39, 0.29) is 11.6 Å². The van der Waals surface area contributed by atoms with E-state index in [0.29, 0.717) is 19.3 Å². The predicted octanol–water partition coefficient (Wildman–Crippen LogP) is 1.95. The average molecular weight is 220 g/mol. The summed E-state index contributed by atoms with van der Waals surface area (Å²) in [5, 5.41) is 0. The Kier molecular flexibility index (Phi) is 4.32. The van der Waals surface area contributed by atoms with Crippen molar-refractivity contribution in [2.45, 2.75) is 38.5 Å². The van der Waals surface area contributed by atoms with Gasteiger partial charge in [0.05, 0.1) is 5.41 Å². The molecule has 0 aliphatic heterocycles. The summed E-state index contributed by atoms with van der Waals surface area (Å²) in [6, 6.07) is 0. The summed E-state index contributed by atoms with van der Waals surface area (Å²) in [6.45, 7) is 3.61. The maximum Gasteiger partial charge on any atom is 0.324 e. The second-order valence-corrected chi connectivity index (χ2v) is 4.15. The highest BCUT2D eigenvalue weighted by molar-refractivity contribution is 6.35. The summed E-state index contributed by atoms with van der Waals surface area (Å²) >= 11 is 0. The fraction of sp³-hybridized carbons (Fsp3) is 0.583. The Morgan fingerprint density at radius 3 is 2.56 bits per heavy atom. The molecule has 1 rings (SSSR count). The third-order valence-corrected chi connectivity index (χ3v) is 2.99. The second kappa shape index (κ2) is 5.52. The molecule has 86 valence electrons. The highest BCUT2D eigenvalue weighted by Crippen LogP contribution is 2.48. The van der Waals surface area contributed by atoms with Gasteiger partial charge in [-0.3, -0.25) is 9.59 Å². The van der Waals surface area contributed by atoms with Crippen molar-refractivity contribution >= 4 is 17.8 Å². The van der Waals surface area contributed by atoms with Crippen molar-refractivity contribution in [1.29, 1.82) is 0 Å². The number of rotatable bonds is 8. The van der Waals surface area contributed by atoms with Gasteiger partial charge in [-0.05, 0) is 32.1 Å². The number of unbranched alkanes of at least 4 members (excludes halogenated alkanes) is 2. The first kappa shape index (κ1) is 12.5. The fourth-order valence-corrected chi connectivity index (χ4v) is 1.78. The molecule has 1 aliphatic rings. The van der Waals surface area contributed by atoms with Crippen LogP contribution in [0.2, 0.25) is 0 Å². The van der Waals surface area contributed by atoms with Crippen LogP contribution in [0.25, 0.3) is 5.53 Å². The number of ketones is 2. The maximum atomic E-state index is 11.8. The van der Waals surface area contributed by atoms with E-state index in [9.17, 15) is 9.59 Å². The molecular formula is C12H16N2O2. The molecule has 0 saturated heterocycles. The molecule has 0 spiro atoms. The van der Waals surface area contributed by atoms with Gasteiger partial charge in [0.1, 0.15) is 5.78 Å². The van der Waals surface area contributed by atoms with Gasteiger partial charge in [0.2, 0.25) is 5.78 Å². The van der Waals surface area contributed by atoms with Crippen LogP contribution in [0.15, 0.2) is 12.7 Å². The molecule has 4 nitrogen and oxygen atoms in total. The SMILES string of the molecule is C=CCCCCC(=O)C1(C(=O)C=[N+]=[N-])CC1. The number of hydrogen-bond acceptors (Lipinski definition) is 2. The molecule has 16 heavy (non-hydrogen) atoms. The molecule has 0 bridgehead atoms. The van der Waals surface area contributed by atoms with Crippen molar-refractivity contribution in [1.82, 2.24) is 0 Å². The smallest absolute Gasteiger partial charge is 0.324 e. The van der Waals surface area contributed by atoms with Crippen LogP contribution in [0.1, 0.15) is 38.5 Å². The van der Waals surface area contributed by atoms with Crippen LogP contribution >= 0.6 is 0 Å². The minimum atomic E-state index is -0.847. The van der Waals surface area contributed by atoms with Gasteiger partial charge >= 0.3 is 6.21 Å². The van der Waals surface area contributed by atoms with E-state index < -0.39 is 5.41 Å². The van der Waals surface area contributed by atoms with Gasteiger partial charge in [-0.15, -0.1) is 6.58 Å². The van der Waals surface area contributed by atoms with Crippen LogP contribution in [-0.4, -0.2) is 22.6 Å². The molecule has 0 N–H and O–H groups in total. The Balaban J connectivity index is 2.44. The van der Waals surface area contributed by atoms with Crippen molar-refractivity contribution in [3.05, 3.63) is 18.2 Å². The Labute approximate surface area is 95.0 Å². The monoisotopic (exact) mass is 220 g/mol. The van der Waals surface area contributed by atoms with Gasteiger partial charge in [0, 0.05) is 6.42 Å². The van der Waals surface area contributed by atoms with Crippen LogP contribution in [-0.2, 0) is 9.59 Å². The van der Waals surface area contributed by atoms with Crippen LogP contribution in [0, 0.1) is 5.41 Å². The molecule has 4 heteroatoms. The number of nitrogens with zero attached hydrogens (tertiary/aromatic N) is 2. The van der Waals surface area contributed by atoms with E-state index >= 15 is 0 Å². The highest BCUT2D eigenvalue weighted by atomic mass is 16.2. The first-order valence-electron chi connectivity index (χ1n) is 5.53. The summed E-state index contributed by atoms with van der Waals surface area (Å²) in [5.74, 6) is -0.370. The highest BCUT2D eigenvalue weighted by Gasteiger charge is 2.55. The summed E-state index contributed by atoms with van der Waals surface area (Å²) in [5.41, 5.74) is 7.44. The topological polar surface area (TPSA) is 70.5 Å².